The summed E-state index contributed by atoms with van der Waals surface area (Å²) in [4.78, 5) is 6.80. The van der Waals surface area contributed by atoms with Gasteiger partial charge in [-0.3, -0.25) is 0 Å². The zero-order valence-corrected chi connectivity index (χ0v) is 10.9. The summed E-state index contributed by atoms with van der Waals surface area (Å²) < 4.78 is 1.09. The fourth-order valence-electron chi connectivity index (χ4n) is 1.64. The summed E-state index contributed by atoms with van der Waals surface area (Å²) in [6.07, 6.45) is 4.18. The Labute approximate surface area is 99.8 Å². The molecule has 1 aromatic heterocycles. The van der Waals surface area contributed by atoms with Crippen LogP contribution >= 0.6 is 15.9 Å². The van der Waals surface area contributed by atoms with Gasteiger partial charge in [-0.15, -0.1) is 0 Å². The normalized spacial score (nSPS) is 15.4. The molecule has 82 valence electrons. The monoisotopic (exact) mass is 268 g/mol. The number of hydrogen-bond acceptors (Lipinski definition) is 2. The topological polar surface area (TPSA) is 16.1 Å². The Morgan fingerprint density at radius 2 is 2.20 bits per heavy atom. The number of hydrogen-bond donors (Lipinski definition) is 0. The molecule has 0 unspecified atom stereocenters. The van der Waals surface area contributed by atoms with Crippen molar-refractivity contribution in [2.45, 2.75) is 26.2 Å². The molecule has 1 aliphatic carbocycles. The fourth-order valence-corrected chi connectivity index (χ4v) is 1.86. The van der Waals surface area contributed by atoms with E-state index in [1.54, 1.807) is 0 Å². The van der Waals surface area contributed by atoms with Crippen molar-refractivity contribution >= 4 is 21.7 Å². The Morgan fingerprint density at radius 3 is 2.80 bits per heavy atom. The largest absolute Gasteiger partial charge is 0.360 e. The smallest absolute Gasteiger partial charge is 0.128 e. The fraction of sp³-hybridized carbons (Fsp3) is 0.583. The van der Waals surface area contributed by atoms with Crippen molar-refractivity contribution in [1.82, 2.24) is 4.98 Å². The van der Waals surface area contributed by atoms with Gasteiger partial charge in [0.2, 0.25) is 0 Å². The highest BCUT2D eigenvalue weighted by Crippen LogP contribution is 2.32. The average molecular weight is 269 g/mol. The second-order valence-corrected chi connectivity index (χ2v) is 5.24. The molecule has 0 amide bonds. The van der Waals surface area contributed by atoms with Gasteiger partial charge in [-0.1, -0.05) is 12.8 Å². The average Bonchev–Trinajstić information content (AvgIpc) is 3.02. The Hall–Kier alpha value is -0.570. The van der Waals surface area contributed by atoms with E-state index in [-0.39, 0.29) is 0 Å². The van der Waals surface area contributed by atoms with Crippen LogP contribution in [0.25, 0.3) is 0 Å². The quantitative estimate of drug-likeness (QED) is 0.833. The molecule has 0 bridgehead atoms. The molecule has 0 saturated heterocycles. The Morgan fingerprint density at radius 1 is 1.47 bits per heavy atom. The van der Waals surface area contributed by atoms with Crippen LogP contribution in [0.4, 0.5) is 5.82 Å². The number of nitrogens with zero attached hydrogens (tertiary/aromatic N) is 2. The summed E-state index contributed by atoms with van der Waals surface area (Å²) in [6.45, 7) is 3.15. The minimum atomic E-state index is 0.990. The predicted molar refractivity (Wildman–Crippen MR) is 67.3 cm³/mol. The molecule has 0 radical (unpaired) electrons. The molecule has 1 aromatic rings. The van der Waals surface area contributed by atoms with E-state index in [1.807, 2.05) is 6.92 Å². The van der Waals surface area contributed by atoms with Gasteiger partial charge < -0.3 is 4.90 Å². The van der Waals surface area contributed by atoms with E-state index in [1.165, 1.54) is 19.3 Å². The molecule has 15 heavy (non-hydrogen) atoms. The van der Waals surface area contributed by atoms with Crippen molar-refractivity contribution < 1.29 is 0 Å². The van der Waals surface area contributed by atoms with E-state index < -0.39 is 0 Å². The van der Waals surface area contributed by atoms with Crippen LogP contribution in [0.2, 0.25) is 0 Å². The number of anilines is 1. The first-order chi connectivity index (χ1) is 7.16. The number of aryl methyl sites for hydroxylation is 1. The maximum absolute atomic E-state index is 4.55. The molecule has 1 fully saturated rings. The minimum Gasteiger partial charge on any atom is -0.360 e. The molecule has 2 nitrogen and oxygen atoms in total. The van der Waals surface area contributed by atoms with Gasteiger partial charge in [-0.2, -0.15) is 0 Å². The van der Waals surface area contributed by atoms with Gasteiger partial charge in [-0.05, 0) is 47.3 Å². The predicted octanol–water partition coefficient (Wildman–Crippen LogP) is 3.39. The van der Waals surface area contributed by atoms with Crippen LogP contribution in [-0.4, -0.2) is 18.6 Å². The molecule has 1 heterocycles. The Bertz CT molecular complexity index is 347. The lowest BCUT2D eigenvalue weighted by Gasteiger charge is -2.18. The molecule has 1 saturated carbocycles. The summed E-state index contributed by atoms with van der Waals surface area (Å²) in [7, 11) is 2.12. The highest BCUT2D eigenvalue weighted by atomic mass is 79.9. The van der Waals surface area contributed by atoms with E-state index in [4.69, 9.17) is 0 Å². The summed E-state index contributed by atoms with van der Waals surface area (Å²) in [5.41, 5.74) is 1.06. The molecule has 0 aliphatic heterocycles. The highest BCUT2D eigenvalue weighted by molar-refractivity contribution is 9.10. The van der Waals surface area contributed by atoms with Crippen LogP contribution in [-0.2, 0) is 0 Å². The van der Waals surface area contributed by atoms with E-state index in [0.29, 0.717) is 0 Å². The van der Waals surface area contributed by atoms with Crippen LogP contribution in [0.1, 0.15) is 25.0 Å². The lowest BCUT2D eigenvalue weighted by molar-refractivity contribution is 0.705. The van der Waals surface area contributed by atoms with E-state index in [0.717, 1.165) is 28.4 Å². The number of halogens is 1. The van der Waals surface area contributed by atoms with Gasteiger partial charge >= 0.3 is 0 Å². The van der Waals surface area contributed by atoms with Gasteiger partial charge in [0.25, 0.3) is 0 Å². The zero-order chi connectivity index (χ0) is 10.8. The Kier molecular flexibility index (Phi) is 3.29. The van der Waals surface area contributed by atoms with Crippen molar-refractivity contribution in [2.75, 3.05) is 18.5 Å². The summed E-state index contributed by atoms with van der Waals surface area (Å²) >= 11 is 3.47. The lowest BCUT2D eigenvalue weighted by Crippen LogP contribution is -2.20. The summed E-state index contributed by atoms with van der Waals surface area (Å²) in [5, 5.41) is 0. The van der Waals surface area contributed by atoms with Crippen molar-refractivity contribution in [1.29, 1.82) is 0 Å². The van der Waals surface area contributed by atoms with Crippen LogP contribution in [0, 0.1) is 12.8 Å². The third kappa shape index (κ3) is 2.94. The third-order valence-corrected chi connectivity index (χ3v) is 3.81. The molecular weight excluding hydrogens is 252 g/mol. The molecule has 1 aliphatic rings. The van der Waals surface area contributed by atoms with Gasteiger partial charge in [0, 0.05) is 18.1 Å². The first-order valence-corrected chi connectivity index (χ1v) is 6.30. The highest BCUT2D eigenvalue weighted by Gasteiger charge is 2.21. The molecule has 0 aromatic carbocycles. The maximum atomic E-state index is 4.55. The summed E-state index contributed by atoms with van der Waals surface area (Å²) in [6, 6.07) is 4.15. The van der Waals surface area contributed by atoms with Gasteiger partial charge in [0.15, 0.2) is 0 Å². The van der Waals surface area contributed by atoms with Crippen molar-refractivity contribution in [2.24, 2.45) is 5.92 Å². The van der Waals surface area contributed by atoms with Crippen molar-refractivity contribution in [3.8, 4) is 0 Å². The molecule has 0 spiro atoms. The standard InChI is InChI=1S/C12H17BrN2/c1-9-11(13)5-6-12(14-9)15(2)8-7-10-3-4-10/h5-6,10H,3-4,7-8H2,1-2H3. The molecule has 0 atom stereocenters. The maximum Gasteiger partial charge on any atom is 0.128 e. The van der Waals surface area contributed by atoms with E-state index in [2.05, 4.69) is 45.0 Å². The van der Waals surface area contributed by atoms with Crippen molar-refractivity contribution in [3.63, 3.8) is 0 Å². The molecule has 0 N–H and O–H groups in total. The SMILES string of the molecule is Cc1nc(N(C)CCC2CC2)ccc1Br. The third-order valence-electron chi connectivity index (χ3n) is 2.97. The number of aromatic nitrogens is 1. The Balaban J connectivity index is 1.97. The van der Waals surface area contributed by atoms with Crippen LogP contribution in [0.15, 0.2) is 16.6 Å². The number of rotatable bonds is 4. The van der Waals surface area contributed by atoms with Crippen LogP contribution < -0.4 is 4.90 Å². The van der Waals surface area contributed by atoms with Crippen molar-refractivity contribution in [3.05, 3.63) is 22.3 Å². The molecule has 3 heteroatoms. The van der Waals surface area contributed by atoms with Gasteiger partial charge in [0.05, 0.1) is 5.69 Å². The first kappa shape index (κ1) is 10.9. The minimum absolute atomic E-state index is 0.990. The van der Waals surface area contributed by atoms with E-state index >= 15 is 0 Å². The van der Waals surface area contributed by atoms with Crippen LogP contribution in [0.3, 0.4) is 0 Å². The van der Waals surface area contributed by atoms with Gasteiger partial charge in [0.1, 0.15) is 5.82 Å². The molecular formula is C12H17BrN2. The van der Waals surface area contributed by atoms with Gasteiger partial charge in [-0.25, -0.2) is 4.98 Å². The van der Waals surface area contributed by atoms with Crippen LogP contribution in [0.5, 0.6) is 0 Å². The second kappa shape index (κ2) is 4.52. The first-order valence-electron chi connectivity index (χ1n) is 5.51. The number of pyridine rings is 1. The molecule has 2 rings (SSSR count). The zero-order valence-electron chi connectivity index (χ0n) is 9.33. The summed E-state index contributed by atoms with van der Waals surface area (Å²) in [5.74, 6) is 2.07. The second-order valence-electron chi connectivity index (χ2n) is 4.39. The lowest BCUT2D eigenvalue weighted by atomic mass is 10.3. The van der Waals surface area contributed by atoms with E-state index in [9.17, 15) is 0 Å².